The van der Waals surface area contributed by atoms with Crippen molar-refractivity contribution < 1.29 is 9.53 Å². The van der Waals surface area contributed by atoms with E-state index in [0.717, 1.165) is 12.0 Å². The van der Waals surface area contributed by atoms with Crippen LogP contribution < -0.4 is 0 Å². The van der Waals surface area contributed by atoms with E-state index in [1.165, 1.54) is 0 Å². The maximum atomic E-state index is 12.6. The van der Waals surface area contributed by atoms with Gasteiger partial charge in [-0.05, 0) is 37.7 Å². The minimum atomic E-state index is -0.405. The summed E-state index contributed by atoms with van der Waals surface area (Å²) in [5, 5.41) is -0.373. The van der Waals surface area contributed by atoms with E-state index in [4.69, 9.17) is 4.74 Å². The molecule has 1 unspecified atom stereocenters. The molecule has 112 valence electrons. The van der Waals surface area contributed by atoms with Gasteiger partial charge >= 0.3 is 5.97 Å². The molecule has 0 radical (unpaired) electrons. The molecule has 0 saturated heterocycles. The first-order valence-electron chi connectivity index (χ1n) is 7.04. The van der Waals surface area contributed by atoms with Gasteiger partial charge in [0.15, 0.2) is 0 Å². The number of hydrogen-bond donors (Lipinski definition) is 0. The van der Waals surface area contributed by atoms with E-state index in [-0.39, 0.29) is 16.5 Å². The van der Waals surface area contributed by atoms with Gasteiger partial charge in [0, 0.05) is 0 Å². The minimum Gasteiger partial charge on any atom is -0.460 e. The van der Waals surface area contributed by atoms with Crippen LogP contribution in [0.15, 0.2) is 30.3 Å². The van der Waals surface area contributed by atoms with E-state index in [0.29, 0.717) is 6.61 Å². The van der Waals surface area contributed by atoms with Gasteiger partial charge in [-0.15, -0.1) is 0 Å². The second-order valence-electron chi connectivity index (χ2n) is 6.97. The molecule has 1 atom stereocenters. The van der Waals surface area contributed by atoms with E-state index in [9.17, 15) is 4.79 Å². The fourth-order valence-corrected chi connectivity index (χ4v) is 3.54. The number of hydrogen-bond acceptors (Lipinski definition) is 2. The summed E-state index contributed by atoms with van der Waals surface area (Å²) in [7, 11) is -0.405. The van der Waals surface area contributed by atoms with Crippen molar-refractivity contribution in [2.24, 2.45) is 5.41 Å². The van der Waals surface area contributed by atoms with Gasteiger partial charge in [0.25, 0.3) is 0 Å². The molecule has 0 aromatic heterocycles. The van der Waals surface area contributed by atoms with Crippen LogP contribution in [0.2, 0.25) is 0 Å². The fourth-order valence-electron chi connectivity index (χ4n) is 2.32. The largest absolute Gasteiger partial charge is 0.460 e. The molecule has 0 fully saturated rings. The van der Waals surface area contributed by atoms with E-state index in [1.807, 2.05) is 30.3 Å². The van der Waals surface area contributed by atoms with Crippen LogP contribution in [0.3, 0.4) is 0 Å². The van der Waals surface area contributed by atoms with Gasteiger partial charge in [0.1, 0.15) is 6.61 Å². The maximum absolute atomic E-state index is 12.6. The van der Waals surface area contributed by atoms with Gasteiger partial charge in [-0.1, -0.05) is 59.0 Å². The average molecular weight is 294 g/mol. The SMILES string of the molecule is CP(C)C(C)(CC(C)(C)C)C(=O)OCc1ccccc1. The molecule has 20 heavy (non-hydrogen) atoms. The zero-order valence-electron chi connectivity index (χ0n) is 13.6. The number of ether oxygens (including phenoxy) is 1. The summed E-state index contributed by atoms with van der Waals surface area (Å²) in [6.45, 7) is 13.3. The highest BCUT2D eigenvalue weighted by atomic mass is 31.1. The highest BCUT2D eigenvalue weighted by Gasteiger charge is 2.41. The predicted octanol–water partition coefficient (Wildman–Crippen LogP) is 4.67. The van der Waals surface area contributed by atoms with Crippen LogP contribution >= 0.6 is 7.92 Å². The van der Waals surface area contributed by atoms with Crippen molar-refractivity contribution >= 4 is 13.9 Å². The lowest BCUT2D eigenvalue weighted by molar-refractivity contribution is -0.148. The third-order valence-corrected chi connectivity index (χ3v) is 5.83. The quantitative estimate of drug-likeness (QED) is 0.583. The lowest BCUT2D eigenvalue weighted by Gasteiger charge is -2.37. The van der Waals surface area contributed by atoms with Crippen molar-refractivity contribution in [3.63, 3.8) is 0 Å². The van der Waals surface area contributed by atoms with E-state index >= 15 is 0 Å². The van der Waals surface area contributed by atoms with Crippen molar-refractivity contribution in [1.82, 2.24) is 0 Å². The molecule has 0 bridgehead atoms. The number of benzene rings is 1. The Hall–Kier alpha value is -0.880. The predicted molar refractivity (Wildman–Crippen MR) is 87.5 cm³/mol. The molecule has 3 heteroatoms. The van der Waals surface area contributed by atoms with Crippen LogP contribution in [0.1, 0.15) is 39.7 Å². The average Bonchev–Trinajstić information content (AvgIpc) is 2.34. The van der Waals surface area contributed by atoms with Crippen LogP contribution in [0, 0.1) is 5.41 Å². The summed E-state index contributed by atoms with van der Waals surface area (Å²) in [6, 6.07) is 9.85. The van der Waals surface area contributed by atoms with Crippen molar-refractivity contribution in [2.45, 2.75) is 45.9 Å². The number of rotatable bonds is 5. The van der Waals surface area contributed by atoms with E-state index < -0.39 is 7.92 Å². The zero-order chi connectivity index (χ0) is 15.4. The van der Waals surface area contributed by atoms with Crippen LogP contribution in [0.4, 0.5) is 0 Å². The van der Waals surface area contributed by atoms with Gasteiger partial charge in [0.05, 0.1) is 5.16 Å². The molecule has 0 heterocycles. The summed E-state index contributed by atoms with van der Waals surface area (Å²) < 4.78 is 5.58. The van der Waals surface area contributed by atoms with Gasteiger partial charge in [0.2, 0.25) is 0 Å². The summed E-state index contributed by atoms with van der Waals surface area (Å²) in [5.41, 5.74) is 1.16. The Labute approximate surface area is 124 Å². The summed E-state index contributed by atoms with van der Waals surface area (Å²) in [5.74, 6) is -0.0626. The molecule has 1 rings (SSSR count). The first-order valence-corrected chi connectivity index (χ1v) is 9.27. The normalized spacial score (nSPS) is 14.9. The Kier molecular flexibility index (Phi) is 5.77. The monoisotopic (exact) mass is 294 g/mol. The molecule has 0 aliphatic carbocycles. The molecule has 0 aliphatic heterocycles. The molecule has 2 nitrogen and oxygen atoms in total. The molecule has 1 aromatic rings. The molecule has 0 amide bonds. The Morgan fingerprint density at radius 3 is 2.10 bits per heavy atom. The van der Waals surface area contributed by atoms with Crippen LogP contribution in [0.25, 0.3) is 0 Å². The molecule has 0 N–H and O–H groups in total. The van der Waals surface area contributed by atoms with Crippen LogP contribution in [0.5, 0.6) is 0 Å². The fraction of sp³-hybridized carbons (Fsp3) is 0.588. The van der Waals surface area contributed by atoms with Crippen LogP contribution in [-0.2, 0) is 16.1 Å². The molecular formula is C17H27O2P. The summed E-state index contributed by atoms with van der Waals surface area (Å²) in [6.07, 6.45) is 0.853. The second kappa shape index (κ2) is 6.72. The van der Waals surface area contributed by atoms with Gasteiger partial charge < -0.3 is 4.74 Å². The summed E-state index contributed by atoms with van der Waals surface area (Å²) in [4.78, 5) is 12.6. The Bertz CT molecular complexity index is 434. The second-order valence-corrected chi connectivity index (χ2v) is 9.74. The Morgan fingerprint density at radius 1 is 1.10 bits per heavy atom. The molecular weight excluding hydrogens is 267 g/mol. The molecule has 0 aliphatic rings. The number of carbonyl (C=O) groups is 1. The molecule has 0 spiro atoms. The topological polar surface area (TPSA) is 26.3 Å². The first kappa shape index (κ1) is 17.2. The lowest BCUT2D eigenvalue weighted by Crippen LogP contribution is -2.38. The van der Waals surface area contributed by atoms with Gasteiger partial charge in [-0.2, -0.15) is 0 Å². The van der Waals surface area contributed by atoms with Crippen molar-refractivity contribution in [3.8, 4) is 0 Å². The number of carbonyl (C=O) groups excluding carboxylic acids is 1. The van der Waals surface area contributed by atoms with Gasteiger partial charge in [-0.25, -0.2) is 0 Å². The lowest BCUT2D eigenvalue weighted by atomic mass is 9.85. The van der Waals surface area contributed by atoms with Crippen LogP contribution in [-0.4, -0.2) is 24.5 Å². The van der Waals surface area contributed by atoms with E-state index in [1.54, 1.807) is 0 Å². The first-order chi connectivity index (χ1) is 9.15. The van der Waals surface area contributed by atoms with E-state index in [2.05, 4.69) is 41.0 Å². The third kappa shape index (κ3) is 4.90. The third-order valence-electron chi connectivity index (χ3n) is 3.51. The van der Waals surface area contributed by atoms with Crippen molar-refractivity contribution in [1.29, 1.82) is 0 Å². The molecule has 0 saturated carbocycles. The molecule has 1 aromatic carbocycles. The Morgan fingerprint density at radius 2 is 1.65 bits per heavy atom. The highest BCUT2D eigenvalue weighted by Crippen LogP contribution is 2.50. The zero-order valence-corrected chi connectivity index (χ0v) is 14.5. The Balaban J connectivity index is 2.75. The maximum Gasteiger partial charge on any atom is 0.316 e. The van der Waals surface area contributed by atoms with Crippen molar-refractivity contribution in [2.75, 3.05) is 13.3 Å². The van der Waals surface area contributed by atoms with Crippen molar-refractivity contribution in [3.05, 3.63) is 35.9 Å². The minimum absolute atomic E-state index is 0.0626. The smallest absolute Gasteiger partial charge is 0.316 e. The highest BCUT2D eigenvalue weighted by molar-refractivity contribution is 7.58. The standard InChI is InChI=1S/C17H27O2P/c1-16(2,3)13-17(4,20(5)6)15(18)19-12-14-10-8-7-9-11-14/h7-11H,12-13H2,1-6H3. The number of esters is 1. The summed E-state index contributed by atoms with van der Waals surface area (Å²) >= 11 is 0. The van der Waals surface area contributed by atoms with Gasteiger partial charge in [-0.3, -0.25) is 4.79 Å².